The molecule has 1 unspecified atom stereocenters. The Labute approximate surface area is 122 Å². The Morgan fingerprint density at radius 2 is 1.60 bits per heavy atom. The summed E-state index contributed by atoms with van der Waals surface area (Å²) in [6, 6.07) is 18.8. The van der Waals surface area contributed by atoms with Gasteiger partial charge in [-0.05, 0) is 48.4 Å². The van der Waals surface area contributed by atoms with E-state index >= 15 is 0 Å². The molecule has 0 spiro atoms. The third kappa shape index (κ3) is 2.78. The van der Waals surface area contributed by atoms with Crippen LogP contribution in [-0.4, -0.2) is 6.04 Å². The van der Waals surface area contributed by atoms with Crippen LogP contribution in [0.4, 0.5) is 0 Å². The molecular formula is C19H23N. The fourth-order valence-electron chi connectivity index (χ4n) is 3.17. The summed E-state index contributed by atoms with van der Waals surface area (Å²) in [7, 11) is 0. The van der Waals surface area contributed by atoms with E-state index in [2.05, 4.69) is 67.7 Å². The highest BCUT2D eigenvalue weighted by atomic mass is 14.9. The van der Waals surface area contributed by atoms with E-state index in [0.29, 0.717) is 12.1 Å². The molecule has 0 saturated heterocycles. The van der Waals surface area contributed by atoms with Crippen LogP contribution in [-0.2, 0) is 19.3 Å². The van der Waals surface area contributed by atoms with Gasteiger partial charge < -0.3 is 5.32 Å². The average Bonchev–Trinajstić information content (AvgIpc) is 2.89. The Morgan fingerprint density at radius 3 is 2.15 bits per heavy atom. The van der Waals surface area contributed by atoms with Crippen LogP contribution < -0.4 is 5.32 Å². The van der Waals surface area contributed by atoms with Gasteiger partial charge in [0.2, 0.25) is 0 Å². The summed E-state index contributed by atoms with van der Waals surface area (Å²) in [6.07, 6.45) is 3.43. The van der Waals surface area contributed by atoms with Gasteiger partial charge in [-0.1, -0.05) is 55.5 Å². The summed E-state index contributed by atoms with van der Waals surface area (Å²) in [5.41, 5.74) is 5.82. The van der Waals surface area contributed by atoms with Gasteiger partial charge in [-0.25, -0.2) is 0 Å². The molecule has 1 aliphatic carbocycles. The molecule has 1 heteroatoms. The number of aryl methyl sites for hydroxylation is 1. The van der Waals surface area contributed by atoms with E-state index < -0.39 is 0 Å². The van der Waals surface area contributed by atoms with Gasteiger partial charge in [-0.15, -0.1) is 0 Å². The smallest absolute Gasteiger partial charge is 0.0294 e. The zero-order valence-corrected chi connectivity index (χ0v) is 12.4. The Morgan fingerprint density at radius 1 is 1.00 bits per heavy atom. The minimum atomic E-state index is 0.417. The number of benzene rings is 2. The van der Waals surface area contributed by atoms with Crippen molar-refractivity contribution in [3.8, 4) is 0 Å². The topological polar surface area (TPSA) is 12.0 Å². The largest absolute Gasteiger partial charge is 0.307 e. The fourth-order valence-corrected chi connectivity index (χ4v) is 3.17. The first-order valence-corrected chi connectivity index (χ1v) is 7.68. The number of nitrogens with one attached hydrogen (secondary N) is 1. The lowest BCUT2D eigenvalue weighted by molar-refractivity contribution is 0.467. The van der Waals surface area contributed by atoms with Crippen molar-refractivity contribution in [3.63, 3.8) is 0 Å². The molecule has 20 heavy (non-hydrogen) atoms. The van der Waals surface area contributed by atoms with E-state index in [0.717, 1.165) is 19.3 Å². The molecule has 0 amide bonds. The van der Waals surface area contributed by atoms with E-state index in [1.54, 1.807) is 0 Å². The van der Waals surface area contributed by atoms with Crippen LogP contribution in [0, 0.1) is 0 Å². The van der Waals surface area contributed by atoms with E-state index in [-0.39, 0.29) is 0 Å². The SMILES string of the molecule is CCc1ccc(C(C)NC2Cc3ccccc3C2)cc1. The van der Waals surface area contributed by atoms with Crippen molar-refractivity contribution in [1.82, 2.24) is 5.32 Å². The molecule has 0 fully saturated rings. The normalized spacial score (nSPS) is 16.1. The first-order chi connectivity index (χ1) is 9.76. The van der Waals surface area contributed by atoms with Crippen molar-refractivity contribution in [2.45, 2.75) is 45.2 Å². The highest BCUT2D eigenvalue weighted by Crippen LogP contribution is 2.24. The zero-order valence-electron chi connectivity index (χ0n) is 12.4. The summed E-state index contributed by atoms with van der Waals surface area (Å²) in [5.74, 6) is 0. The lowest BCUT2D eigenvalue weighted by atomic mass is 10.0. The van der Waals surface area contributed by atoms with Crippen molar-refractivity contribution in [2.24, 2.45) is 0 Å². The number of fused-ring (bicyclic) bond motifs is 1. The molecule has 1 aliphatic rings. The van der Waals surface area contributed by atoms with Crippen LogP contribution in [0.2, 0.25) is 0 Å². The van der Waals surface area contributed by atoms with Crippen LogP contribution >= 0.6 is 0 Å². The van der Waals surface area contributed by atoms with Crippen molar-refractivity contribution in [1.29, 1.82) is 0 Å². The lowest BCUT2D eigenvalue weighted by Gasteiger charge is -2.20. The predicted molar refractivity (Wildman–Crippen MR) is 85.0 cm³/mol. The summed E-state index contributed by atoms with van der Waals surface area (Å²) >= 11 is 0. The van der Waals surface area contributed by atoms with Crippen molar-refractivity contribution < 1.29 is 0 Å². The Balaban J connectivity index is 1.64. The van der Waals surface area contributed by atoms with Crippen molar-refractivity contribution >= 4 is 0 Å². The van der Waals surface area contributed by atoms with Gasteiger partial charge in [0, 0.05) is 12.1 Å². The van der Waals surface area contributed by atoms with Crippen LogP contribution in [0.5, 0.6) is 0 Å². The van der Waals surface area contributed by atoms with E-state index in [1.807, 2.05) is 0 Å². The molecule has 0 aliphatic heterocycles. The van der Waals surface area contributed by atoms with Gasteiger partial charge in [-0.2, -0.15) is 0 Å². The molecular weight excluding hydrogens is 242 g/mol. The predicted octanol–water partition coefficient (Wildman–Crippen LogP) is 4.07. The molecule has 1 nitrogen and oxygen atoms in total. The summed E-state index contributed by atoms with van der Waals surface area (Å²) < 4.78 is 0. The number of hydrogen-bond acceptors (Lipinski definition) is 1. The first-order valence-electron chi connectivity index (χ1n) is 7.68. The maximum Gasteiger partial charge on any atom is 0.0294 e. The monoisotopic (exact) mass is 265 g/mol. The Kier molecular flexibility index (Phi) is 3.88. The first kappa shape index (κ1) is 13.4. The molecule has 1 N–H and O–H groups in total. The number of hydrogen-bond donors (Lipinski definition) is 1. The van der Waals surface area contributed by atoms with Crippen LogP contribution in [0.25, 0.3) is 0 Å². The third-order valence-electron chi connectivity index (χ3n) is 4.42. The Hall–Kier alpha value is -1.60. The standard InChI is InChI=1S/C19H23N/c1-3-15-8-10-16(11-9-15)14(2)20-19-12-17-6-4-5-7-18(17)13-19/h4-11,14,19-20H,3,12-13H2,1-2H3. The molecule has 104 valence electrons. The Bertz CT molecular complexity index is 546. The van der Waals surface area contributed by atoms with E-state index in [9.17, 15) is 0 Å². The quantitative estimate of drug-likeness (QED) is 0.879. The van der Waals surface area contributed by atoms with Crippen LogP contribution in [0.15, 0.2) is 48.5 Å². The summed E-state index contributed by atoms with van der Waals surface area (Å²) in [5, 5.41) is 3.78. The van der Waals surface area contributed by atoms with Gasteiger partial charge >= 0.3 is 0 Å². The van der Waals surface area contributed by atoms with Crippen molar-refractivity contribution in [2.75, 3.05) is 0 Å². The van der Waals surface area contributed by atoms with Gasteiger partial charge in [0.1, 0.15) is 0 Å². The second-order valence-electron chi connectivity index (χ2n) is 5.86. The average molecular weight is 265 g/mol. The fraction of sp³-hybridized carbons (Fsp3) is 0.368. The molecule has 1 atom stereocenters. The zero-order chi connectivity index (χ0) is 13.9. The number of rotatable bonds is 4. The molecule has 2 aromatic rings. The molecule has 3 rings (SSSR count). The maximum absolute atomic E-state index is 3.78. The molecule has 0 heterocycles. The summed E-state index contributed by atoms with van der Waals surface area (Å²) in [4.78, 5) is 0. The van der Waals surface area contributed by atoms with Crippen LogP contribution in [0.3, 0.4) is 0 Å². The second-order valence-corrected chi connectivity index (χ2v) is 5.86. The summed E-state index contributed by atoms with van der Waals surface area (Å²) in [6.45, 7) is 4.47. The third-order valence-corrected chi connectivity index (χ3v) is 4.42. The second kappa shape index (κ2) is 5.80. The van der Waals surface area contributed by atoms with E-state index in [4.69, 9.17) is 0 Å². The maximum atomic E-state index is 3.78. The lowest BCUT2D eigenvalue weighted by Crippen LogP contribution is -2.32. The molecule has 0 aromatic heterocycles. The van der Waals surface area contributed by atoms with Gasteiger partial charge in [0.25, 0.3) is 0 Å². The van der Waals surface area contributed by atoms with Gasteiger partial charge in [0.05, 0.1) is 0 Å². The van der Waals surface area contributed by atoms with E-state index in [1.165, 1.54) is 22.3 Å². The highest BCUT2D eigenvalue weighted by Gasteiger charge is 2.22. The van der Waals surface area contributed by atoms with Crippen LogP contribution in [0.1, 0.15) is 42.1 Å². The van der Waals surface area contributed by atoms with Crippen molar-refractivity contribution in [3.05, 3.63) is 70.8 Å². The molecule has 2 aromatic carbocycles. The molecule has 0 saturated carbocycles. The minimum Gasteiger partial charge on any atom is -0.307 e. The molecule has 0 bridgehead atoms. The van der Waals surface area contributed by atoms with Gasteiger partial charge in [-0.3, -0.25) is 0 Å². The molecule has 0 radical (unpaired) electrons. The van der Waals surface area contributed by atoms with Gasteiger partial charge in [0.15, 0.2) is 0 Å². The minimum absolute atomic E-state index is 0.417. The highest BCUT2D eigenvalue weighted by molar-refractivity contribution is 5.33.